The van der Waals surface area contributed by atoms with Gasteiger partial charge in [-0.25, -0.2) is 4.39 Å². The first-order chi connectivity index (χ1) is 9.65. The minimum absolute atomic E-state index is 0.0184. The molecule has 0 spiro atoms. The Morgan fingerprint density at radius 1 is 1.15 bits per heavy atom. The quantitative estimate of drug-likeness (QED) is 0.839. The van der Waals surface area contributed by atoms with E-state index in [1.54, 1.807) is 12.1 Å². The van der Waals surface area contributed by atoms with E-state index in [9.17, 15) is 4.39 Å². The molecule has 1 unspecified atom stereocenters. The highest BCUT2D eigenvalue weighted by atomic mass is 35.5. The van der Waals surface area contributed by atoms with Gasteiger partial charge in [0.1, 0.15) is 5.82 Å². The summed E-state index contributed by atoms with van der Waals surface area (Å²) in [7, 11) is 1.90. The molecule has 0 aliphatic rings. The van der Waals surface area contributed by atoms with Gasteiger partial charge < -0.3 is 5.32 Å². The monoisotopic (exact) mass is 291 g/mol. The van der Waals surface area contributed by atoms with E-state index < -0.39 is 0 Å². The van der Waals surface area contributed by atoms with Gasteiger partial charge in [-0.05, 0) is 42.3 Å². The lowest BCUT2D eigenvalue weighted by molar-refractivity contribution is 0.624. The Labute approximate surface area is 124 Å². The molecule has 0 heterocycles. The normalized spacial score (nSPS) is 12.4. The summed E-state index contributed by atoms with van der Waals surface area (Å²) in [6.45, 7) is 2.17. The van der Waals surface area contributed by atoms with Crippen molar-refractivity contribution in [1.29, 1.82) is 0 Å². The van der Waals surface area contributed by atoms with Crippen LogP contribution in [0.2, 0.25) is 5.02 Å². The lowest BCUT2D eigenvalue weighted by Gasteiger charge is -2.18. The van der Waals surface area contributed by atoms with E-state index in [0.717, 1.165) is 18.4 Å². The van der Waals surface area contributed by atoms with Crippen molar-refractivity contribution < 1.29 is 4.39 Å². The Balaban J connectivity index is 2.36. The summed E-state index contributed by atoms with van der Waals surface area (Å²) < 4.78 is 13.3. The smallest absolute Gasteiger partial charge is 0.141 e. The fraction of sp³-hybridized carbons (Fsp3) is 0.294. The van der Waals surface area contributed by atoms with Crippen molar-refractivity contribution in [1.82, 2.24) is 5.32 Å². The van der Waals surface area contributed by atoms with Crippen LogP contribution in [0.3, 0.4) is 0 Å². The second kappa shape index (κ2) is 6.87. The molecule has 0 aromatic heterocycles. The standard InChI is InChI=1S/C17H19ClFN/c1-3-5-12-6-4-7-13(10-12)17(20-2)14-8-9-16(19)15(18)11-14/h4,6-11,17,20H,3,5H2,1-2H3. The Morgan fingerprint density at radius 2 is 1.90 bits per heavy atom. The molecule has 0 aliphatic heterocycles. The number of hydrogen-bond donors (Lipinski definition) is 1. The van der Waals surface area contributed by atoms with Crippen LogP contribution in [0.1, 0.15) is 36.1 Å². The maximum atomic E-state index is 13.3. The summed E-state index contributed by atoms with van der Waals surface area (Å²) >= 11 is 5.88. The van der Waals surface area contributed by atoms with Crippen LogP contribution >= 0.6 is 11.6 Å². The molecule has 1 N–H and O–H groups in total. The van der Waals surface area contributed by atoms with Crippen molar-refractivity contribution in [2.45, 2.75) is 25.8 Å². The molecule has 106 valence electrons. The van der Waals surface area contributed by atoms with Gasteiger partial charge in [0.25, 0.3) is 0 Å². The van der Waals surface area contributed by atoms with Crippen LogP contribution in [0.4, 0.5) is 4.39 Å². The van der Waals surface area contributed by atoms with Gasteiger partial charge in [-0.3, -0.25) is 0 Å². The van der Waals surface area contributed by atoms with Gasteiger partial charge in [0.05, 0.1) is 11.1 Å². The molecule has 2 aromatic rings. The third-order valence-corrected chi connectivity index (χ3v) is 3.68. The zero-order valence-corrected chi connectivity index (χ0v) is 12.5. The predicted octanol–water partition coefficient (Wildman–Crippen LogP) is 4.74. The number of halogens is 2. The SMILES string of the molecule is CCCc1cccc(C(NC)c2ccc(F)c(Cl)c2)c1. The van der Waals surface area contributed by atoms with Crippen molar-refractivity contribution in [3.8, 4) is 0 Å². The van der Waals surface area contributed by atoms with E-state index in [0.29, 0.717) is 0 Å². The number of aryl methyl sites for hydroxylation is 1. The summed E-state index contributed by atoms with van der Waals surface area (Å²) in [6.07, 6.45) is 2.19. The number of nitrogens with one attached hydrogen (secondary N) is 1. The number of hydrogen-bond acceptors (Lipinski definition) is 1. The first kappa shape index (κ1) is 15.0. The highest BCUT2D eigenvalue weighted by Crippen LogP contribution is 2.26. The zero-order chi connectivity index (χ0) is 14.5. The second-order valence-corrected chi connectivity index (χ2v) is 5.30. The average Bonchev–Trinajstić information content (AvgIpc) is 2.44. The highest BCUT2D eigenvalue weighted by Gasteiger charge is 2.14. The van der Waals surface area contributed by atoms with Crippen molar-refractivity contribution in [3.63, 3.8) is 0 Å². The van der Waals surface area contributed by atoms with Crippen LogP contribution in [-0.2, 0) is 6.42 Å². The van der Waals surface area contributed by atoms with Gasteiger partial charge in [-0.15, -0.1) is 0 Å². The molecule has 0 saturated heterocycles. The predicted molar refractivity (Wildman–Crippen MR) is 82.7 cm³/mol. The molecule has 3 heteroatoms. The zero-order valence-electron chi connectivity index (χ0n) is 11.8. The van der Waals surface area contributed by atoms with Gasteiger partial charge in [-0.1, -0.05) is 55.3 Å². The Morgan fingerprint density at radius 3 is 2.55 bits per heavy atom. The number of benzene rings is 2. The van der Waals surface area contributed by atoms with Crippen LogP contribution < -0.4 is 5.32 Å². The Bertz CT molecular complexity index is 583. The van der Waals surface area contributed by atoms with E-state index in [1.165, 1.54) is 17.2 Å². The van der Waals surface area contributed by atoms with Crippen molar-refractivity contribution in [2.75, 3.05) is 7.05 Å². The van der Waals surface area contributed by atoms with Crippen molar-refractivity contribution >= 4 is 11.6 Å². The molecule has 0 saturated carbocycles. The van der Waals surface area contributed by atoms with Crippen LogP contribution in [0.25, 0.3) is 0 Å². The molecule has 0 aliphatic carbocycles. The van der Waals surface area contributed by atoms with Gasteiger partial charge in [0.15, 0.2) is 0 Å². The van der Waals surface area contributed by atoms with Crippen molar-refractivity contribution in [3.05, 3.63) is 70.0 Å². The lowest BCUT2D eigenvalue weighted by atomic mass is 9.96. The van der Waals surface area contributed by atoms with Crippen LogP contribution in [0.5, 0.6) is 0 Å². The molecule has 0 fully saturated rings. The molecule has 1 nitrogen and oxygen atoms in total. The largest absolute Gasteiger partial charge is 0.309 e. The van der Waals surface area contributed by atoms with E-state index in [-0.39, 0.29) is 16.9 Å². The summed E-state index contributed by atoms with van der Waals surface area (Å²) in [4.78, 5) is 0. The van der Waals surface area contributed by atoms with Gasteiger partial charge in [-0.2, -0.15) is 0 Å². The van der Waals surface area contributed by atoms with E-state index in [4.69, 9.17) is 11.6 Å². The molecule has 1 atom stereocenters. The molecule has 0 amide bonds. The minimum atomic E-state index is -0.384. The first-order valence-electron chi connectivity index (χ1n) is 6.86. The Hall–Kier alpha value is -1.38. The maximum absolute atomic E-state index is 13.3. The second-order valence-electron chi connectivity index (χ2n) is 4.89. The maximum Gasteiger partial charge on any atom is 0.141 e. The van der Waals surface area contributed by atoms with Gasteiger partial charge in [0, 0.05) is 0 Å². The van der Waals surface area contributed by atoms with Crippen LogP contribution in [0, 0.1) is 5.82 Å². The van der Waals surface area contributed by atoms with E-state index in [2.05, 4.69) is 36.5 Å². The van der Waals surface area contributed by atoms with Gasteiger partial charge >= 0.3 is 0 Å². The fourth-order valence-corrected chi connectivity index (χ4v) is 2.62. The molecule has 20 heavy (non-hydrogen) atoms. The molecular formula is C17H19ClFN. The molecule has 2 aromatic carbocycles. The van der Waals surface area contributed by atoms with E-state index in [1.807, 2.05) is 7.05 Å². The average molecular weight is 292 g/mol. The lowest BCUT2D eigenvalue weighted by Crippen LogP contribution is -2.17. The molecular weight excluding hydrogens is 273 g/mol. The summed E-state index contributed by atoms with van der Waals surface area (Å²) in [5, 5.41) is 3.43. The molecule has 0 bridgehead atoms. The minimum Gasteiger partial charge on any atom is -0.309 e. The summed E-state index contributed by atoms with van der Waals surface area (Å²) in [5.41, 5.74) is 3.45. The fourth-order valence-electron chi connectivity index (χ4n) is 2.43. The van der Waals surface area contributed by atoms with Crippen molar-refractivity contribution in [2.24, 2.45) is 0 Å². The highest BCUT2D eigenvalue weighted by molar-refractivity contribution is 6.30. The molecule has 2 rings (SSSR count). The van der Waals surface area contributed by atoms with E-state index >= 15 is 0 Å². The third kappa shape index (κ3) is 3.38. The topological polar surface area (TPSA) is 12.0 Å². The Kier molecular flexibility index (Phi) is 5.16. The third-order valence-electron chi connectivity index (χ3n) is 3.39. The first-order valence-corrected chi connectivity index (χ1v) is 7.24. The summed E-state index contributed by atoms with van der Waals surface area (Å²) in [6, 6.07) is 13.4. The number of rotatable bonds is 5. The van der Waals surface area contributed by atoms with Crippen LogP contribution in [0.15, 0.2) is 42.5 Å². The summed E-state index contributed by atoms with van der Waals surface area (Å²) in [5.74, 6) is -0.384. The van der Waals surface area contributed by atoms with Crippen LogP contribution in [-0.4, -0.2) is 7.05 Å². The van der Waals surface area contributed by atoms with Gasteiger partial charge in [0.2, 0.25) is 0 Å². The molecule has 0 radical (unpaired) electrons.